The first-order chi connectivity index (χ1) is 13.1. The topological polar surface area (TPSA) is 59.1 Å². The van der Waals surface area contributed by atoms with Crippen LogP contribution in [0.2, 0.25) is 5.02 Å². The average molecular weight is 383 g/mol. The number of aromatic nitrogens is 2. The molecule has 0 saturated heterocycles. The van der Waals surface area contributed by atoms with E-state index in [0.29, 0.717) is 18.6 Å². The van der Waals surface area contributed by atoms with Crippen molar-refractivity contribution in [3.8, 4) is 5.75 Å². The standard InChI is InChI=1S/C21H23ClN4O/c1-3-15(2)24-21-23-13-12-20(26-21)25-18-8-10-19(11-9-18)27-14-16-4-6-17(22)7-5-16/h4-13,15H,3,14H2,1-2H3,(H2,23,24,25,26). The summed E-state index contributed by atoms with van der Waals surface area (Å²) in [5.41, 5.74) is 2.01. The molecule has 0 aliphatic rings. The van der Waals surface area contributed by atoms with Crippen LogP contribution in [0.5, 0.6) is 5.75 Å². The third-order valence-corrected chi connectivity index (χ3v) is 4.34. The van der Waals surface area contributed by atoms with E-state index < -0.39 is 0 Å². The molecule has 0 fully saturated rings. The third kappa shape index (κ3) is 5.86. The van der Waals surface area contributed by atoms with Crippen LogP contribution in [0.1, 0.15) is 25.8 Å². The smallest absolute Gasteiger partial charge is 0.224 e. The summed E-state index contributed by atoms with van der Waals surface area (Å²) in [6.07, 6.45) is 2.75. The minimum Gasteiger partial charge on any atom is -0.489 e. The Morgan fingerprint density at radius 2 is 1.78 bits per heavy atom. The zero-order valence-electron chi connectivity index (χ0n) is 15.4. The molecular formula is C21H23ClN4O. The van der Waals surface area contributed by atoms with Crippen molar-refractivity contribution in [2.45, 2.75) is 32.9 Å². The van der Waals surface area contributed by atoms with Gasteiger partial charge in [0.1, 0.15) is 18.2 Å². The number of rotatable bonds is 8. The van der Waals surface area contributed by atoms with E-state index in [1.165, 1.54) is 0 Å². The van der Waals surface area contributed by atoms with Crippen molar-refractivity contribution >= 4 is 29.1 Å². The lowest BCUT2D eigenvalue weighted by Gasteiger charge is -2.12. The number of nitrogens with zero attached hydrogens (tertiary/aromatic N) is 2. The minimum absolute atomic E-state index is 0.331. The zero-order valence-corrected chi connectivity index (χ0v) is 16.2. The van der Waals surface area contributed by atoms with Gasteiger partial charge in [0.15, 0.2) is 0 Å². The average Bonchev–Trinajstić information content (AvgIpc) is 2.69. The Kier molecular flexibility index (Phi) is 6.49. The van der Waals surface area contributed by atoms with E-state index in [4.69, 9.17) is 16.3 Å². The molecule has 140 valence electrons. The summed E-state index contributed by atoms with van der Waals surface area (Å²) in [5.74, 6) is 2.17. The van der Waals surface area contributed by atoms with Crippen LogP contribution in [0, 0.1) is 0 Å². The monoisotopic (exact) mass is 382 g/mol. The molecule has 0 bridgehead atoms. The second kappa shape index (κ2) is 9.24. The first kappa shape index (κ1) is 19.0. The van der Waals surface area contributed by atoms with Crippen molar-refractivity contribution in [1.29, 1.82) is 0 Å². The van der Waals surface area contributed by atoms with Gasteiger partial charge in [-0.15, -0.1) is 0 Å². The molecule has 2 aromatic carbocycles. The summed E-state index contributed by atoms with van der Waals surface area (Å²) < 4.78 is 5.81. The van der Waals surface area contributed by atoms with Gasteiger partial charge < -0.3 is 15.4 Å². The molecule has 27 heavy (non-hydrogen) atoms. The van der Waals surface area contributed by atoms with Crippen molar-refractivity contribution < 1.29 is 4.74 Å². The normalized spacial score (nSPS) is 11.7. The number of benzene rings is 2. The molecule has 0 radical (unpaired) electrons. The molecule has 0 aliphatic heterocycles. The molecule has 3 aromatic rings. The molecule has 1 aromatic heterocycles. The van der Waals surface area contributed by atoms with Crippen molar-refractivity contribution in [1.82, 2.24) is 9.97 Å². The van der Waals surface area contributed by atoms with Gasteiger partial charge in [-0.1, -0.05) is 30.7 Å². The Balaban J connectivity index is 1.57. The summed E-state index contributed by atoms with van der Waals surface area (Å²) in [7, 11) is 0. The first-order valence-electron chi connectivity index (χ1n) is 8.96. The van der Waals surface area contributed by atoms with Gasteiger partial charge in [-0.3, -0.25) is 0 Å². The molecule has 5 nitrogen and oxygen atoms in total. The molecule has 0 aliphatic carbocycles. The molecular weight excluding hydrogens is 360 g/mol. The van der Waals surface area contributed by atoms with Crippen molar-refractivity contribution in [3.63, 3.8) is 0 Å². The van der Waals surface area contributed by atoms with E-state index in [2.05, 4.69) is 34.4 Å². The molecule has 0 spiro atoms. The van der Waals surface area contributed by atoms with Crippen molar-refractivity contribution in [3.05, 3.63) is 71.4 Å². The quantitative estimate of drug-likeness (QED) is 0.526. The number of halogens is 1. The van der Waals surface area contributed by atoms with Crippen LogP contribution in [0.4, 0.5) is 17.5 Å². The molecule has 1 atom stereocenters. The molecule has 1 heterocycles. The summed E-state index contributed by atoms with van der Waals surface area (Å²) in [6.45, 7) is 4.73. The summed E-state index contributed by atoms with van der Waals surface area (Å²) in [5, 5.41) is 7.28. The van der Waals surface area contributed by atoms with E-state index in [0.717, 1.165) is 34.3 Å². The Morgan fingerprint density at radius 1 is 1.04 bits per heavy atom. The van der Waals surface area contributed by atoms with Gasteiger partial charge >= 0.3 is 0 Å². The van der Waals surface area contributed by atoms with Crippen LogP contribution in [-0.2, 0) is 6.61 Å². The van der Waals surface area contributed by atoms with Crippen molar-refractivity contribution in [2.24, 2.45) is 0 Å². The third-order valence-electron chi connectivity index (χ3n) is 4.09. The lowest BCUT2D eigenvalue weighted by molar-refractivity contribution is 0.306. The molecule has 0 amide bonds. The fourth-order valence-corrected chi connectivity index (χ4v) is 2.48. The van der Waals surface area contributed by atoms with Crippen LogP contribution in [0.25, 0.3) is 0 Å². The molecule has 3 rings (SSSR count). The number of ether oxygens (including phenoxy) is 1. The Hall–Kier alpha value is -2.79. The lowest BCUT2D eigenvalue weighted by atomic mass is 10.2. The summed E-state index contributed by atoms with van der Waals surface area (Å²) in [4.78, 5) is 8.74. The van der Waals surface area contributed by atoms with Crippen LogP contribution in [0.15, 0.2) is 60.8 Å². The molecule has 2 N–H and O–H groups in total. The Labute approximate surface area is 164 Å². The van der Waals surface area contributed by atoms with Crippen LogP contribution >= 0.6 is 11.6 Å². The van der Waals surface area contributed by atoms with Crippen LogP contribution in [-0.4, -0.2) is 16.0 Å². The largest absolute Gasteiger partial charge is 0.489 e. The second-order valence-electron chi connectivity index (χ2n) is 6.28. The van der Waals surface area contributed by atoms with E-state index in [9.17, 15) is 0 Å². The number of hydrogen-bond donors (Lipinski definition) is 2. The lowest BCUT2D eigenvalue weighted by Crippen LogP contribution is -2.15. The van der Waals surface area contributed by atoms with E-state index >= 15 is 0 Å². The number of anilines is 3. The van der Waals surface area contributed by atoms with Gasteiger partial charge in [0.05, 0.1) is 0 Å². The van der Waals surface area contributed by atoms with Gasteiger partial charge in [-0.2, -0.15) is 4.98 Å². The first-order valence-corrected chi connectivity index (χ1v) is 9.34. The van der Waals surface area contributed by atoms with E-state index in [1.54, 1.807) is 6.20 Å². The van der Waals surface area contributed by atoms with Gasteiger partial charge in [-0.05, 0) is 61.4 Å². The maximum absolute atomic E-state index is 5.89. The minimum atomic E-state index is 0.331. The maximum atomic E-state index is 5.89. The SMILES string of the molecule is CCC(C)Nc1nccc(Nc2ccc(OCc3ccc(Cl)cc3)cc2)n1. The molecule has 6 heteroatoms. The van der Waals surface area contributed by atoms with Crippen LogP contribution in [0.3, 0.4) is 0 Å². The number of nitrogens with one attached hydrogen (secondary N) is 2. The summed E-state index contributed by atoms with van der Waals surface area (Å²) in [6, 6.07) is 17.6. The molecule has 0 saturated carbocycles. The Bertz CT molecular complexity index is 853. The number of hydrogen-bond acceptors (Lipinski definition) is 5. The van der Waals surface area contributed by atoms with E-state index in [-0.39, 0.29) is 0 Å². The highest BCUT2D eigenvalue weighted by Crippen LogP contribution is 2.20. The zero-order chi connectivity index (χ0) is 19.1. The van der Waals surface area contributed by atoms with Crippen LogP contribution < -0.4 is 15.4 Å². The summed E-state index contributed by atoms with van der Waals surface area (Å²) >= 11 is 5.89. The predicted molar refractivity (Wildman–Crippen MR) is 111 cm³/mol. The second-order valence-corrected chi connectivity index (χ2v) is 6.72. The highest BCUT2D eigenvalue weighted by molar-refractivity contribution is 6.30. The highest BCUT2D eigenvalue weighted by atomic mass is 35.5. The predicted octanol–water partition coefficient (Wildman–Crippen LogP) is 5.66. The van der Waals surface area contributed by atoms with Gasteiger partial charge in [-0.25, -0.2) is 4.98 Å². The highest BCUT2D eigenvalue weighted by Gasteiger charge is 2.04. The molecule has 1 unspecified atom stereocenters. The fourth-order valence-electron chi connectivity index (χ4n) is 2.35. The maximum Gasteiger partial charge on any atom is 0.224 e. The van der Waals surface area contributed by atoms with Gasteiger partial charge in [0.2, 0.25) is 5.95 Å². The van der Waals surface area contributed by atoms with Gasteiger partial charge in [0, 0.05) is 22.9 Å². The Morgan fingerprint density at radius 3 is 2.48 bits per heavy atom. The van der Waals surface area contributed by atoms with Crippen molar-refractivity contribution in [2.75, 3.05) is 10.6 Å². The van der Waals surface area contributed by atoms with E-state index in [1.807, 2.05) is 54.6 Å². The van der Waals surface area contributed by atoms with Gasteiger partial charge in [0.25, 0.3) is 0 Å². The fraction of sp³-hybridized carbons (Fsp3) is 0.238.